The molecular formula is C22H28ClN5O3. The Balaban J connectivity index is 1.54. The number of amides is 1. The summed E-state index contributed by atoms with van der Waals surface area (Å²) >= 11 is 6.62. The molecule has 0 atom stereocenters. The number of anilines is 3. The monoisotopic (exact) mass is 445 g/mol. The lowest BCUT2D eigenvalue weighted by Crippen LogP contribution is -2.38. The number of pyridine rings is 1. The quantitative estimate of drug-likeness (QED) is 0.603. The van der Waals surface area contributed by atoms with Crippen LogP contribution < -0.4 is 20.7 Å². The Kier molecular flexibility index (Phi) is 6.80. The highest BCUT2D eigenvalue weighted by Gasteiger charge is 2.30. The van der Waals surface area contributed by atoms with Gasteiger partial charge in [0.2, 0.25) is 11.8 Å². The zero-order valence-corrected chi connectivity index (χ0v) is 18.5. The Bertz CT molecular complexity index is 932. The van der Waals surface area contributed by atoms with E-state index >= 15 is 0 Å². The summed E-state index contributed by atoms with van der Waals surface area (Å²) < 4.78 is 10.7. The Morgan fingerprint density at radius 1 is 1.13 bits per heavy atom. The lowest BCUT2D eigenvalue weighted by molar-refractivity contribution is -0.115. The van der Waals surface area contributed by atoms with Crippen molar-refractivity contribution in [3.05, 3.63) is 40.4 Å². The Hall–Kier alpha value is -2.55. The van der Waals surface area contributed by atoms with E-state index in [9.17, 15) is 4.79 Å². The normalized spacial score (nSPS) is 16.3. The fourth-order valence-corrected chi connectivity index (χ4v) is 4.33. The number of rotatable bonds is 8. The van der Waals surface area contributed by atoms with Gasteiger partial charge in [-0.3, -0.25) is 9.69 Å². The summed E-state index contributed by atoms with van der Waals surface area (Å²) in [4.78, 5) is 20.9. The van der Waals surface area contributed by atoms with Crippen molar-refractivity contribution in [1.82, 2.24) is 9.88 Å². The van der Waals surface area contributed by atoms with Crippen LogP contribution in [0.4, 0.5) is 17.2 Å². The Morgan fingerprint density at radius 2 is 1.81 bits per heavy atom. The SMILES string of the molecule is COCCOc1nc(N)c2c(c1Cl)N(Cc1ccc(CN3CCCC3)cc1)CC(=O)N2. The minimum absolute atomic E-state index is 0.157. The Morgan fingerprint density at radius 3 is 2.48 bits per heavy atom. The maximum Gasteiger partial charge on any atom is 0.244 e. The number of methoxy groups -OCH3 is 1. The molecule has 0 radical (unpaired) electrons. The largest absolute Gasteiger partial charge is 0.474 e. The molecule has 1 amide bonds. The standard InChI is InChI=1S/C22H28ClN5O3/c1-30-10-11-31-22-18(23)20-19(21(24)26-22)25-17(29)14-28(20)13-16-6-4-15(5-7-16)12-27-8-2-3-9-27/h4-7H,2-3,8-14H2,1H3,(H2,24,26)(H,25,29). The minimum atomic E-state index is -0.157. The molecule has 0 spiro atoms. The van der Waals surface area contributed by atoms with Gasteiger partial charge in [-0.2, -0.15) is 4.98 Å². The topological polar surface area (TPSA) is 93.0 Å². The minimum Gasteiger partial charge on any atom is -0.474 e. The van der Waals surface area contributed by atoms with Crippen LogP contribution in [0.2, 0.25) is 5.02 Å². The molecule has 1 saturated heterocycles. The van der Waals surface area contributed by atoms with Crippen molar-refractivity contribution >= 4 is 34.7 Å². The number of hydrogen-bond acceptors (Lipinski definition) is 7. The number of nitrogens with one attached hydrogen (secondary N) is 1. The second-order valence-electron chi connectivity index (χ2n) is 7.89. The highest BCUT2D eigenvalue weighted by Crippen LogP contribution is 2.44. The molecule has 0 bridgehead atoms. The number of nitrogen functional groups attached to an aromatic ring is 1. The number of carbonyl (C=O) groups excluding carboxylic acids is 1. The average molecular weight is 446 g/mol. The lowest BCUT2D eigenvalue weighted by atomic mass is 10.1. The van der Waals surface area contributed by atoms with Crippen molar-refractivity contribution in [3.63, 3.8) is 0 Å². The van der Waals surface area contributed by atoms with Crippen LogP contribution in [0.3, 0.4) is 0 Å². The van der Waals surface area contributed by atoms with E-state index in [1.807, 2.05) is 4.90 Å². The number of carbonyl (C=O) groups is 1. The first kappa shape index (κ1) is 21.7. The summed E-state index contributed by atoms with van der Waals surface area (Å²) in [7, 11) is 1.59. The van der Waals surface area contributed by atoms with E-state index in [0.717, 1.165) is 12.1 Å². The first-order valence-electron chi connectivity index (χ1n) is 10.5. The first-order chi connectivity index (χ1) is 15.0. The average Bonchev–Trinajstić information content (AvgIpc) is 3.26. The van der Waals surface area contributed by atoms with E-state index in [1.165, 1.54) is 31.5 Å². The molecule has 0 unspecified atom stereocenters. The third kappa shape index (κ3) is 5.03. The molecule has 1 fully saturated rings. The maximum atomic E-state index is 12.3. The number of benzene rings is 1. The number of hydrogen-bond donors (Lipinski definition) is 2. The molecule has 4 rings (SSSR count). The van der Waals surface area contributed by atoms with Crippen LogP contribution in [0.1, 0.15) is 24.0 Å². The zero-order chi connectivity index (χ0) is 21.8. The van der Waals surface area contributed by atoms with Crippen molar-refractivity contribution in [1.29, 1.82) is 0 Å². The van der Waals surface area contributed by atoms with Crippen molar-refractivity contribution in [2.45, 2.75) is 25.9 Å². The third-order valence-electron chi connectivity index (χ3n) is 5.55. The van der Waals surface area contributed by atoms with Gasteiger partial charge in [0, 0.05) is 20.2 Å². The fourth-order valence-electron chi connectivity index (χ4n) is 4.02. The van der Waals surface area contributed by atoms with E-state index in [2.05, 4.69) is 39.5 Å². The number of halogens is 1. The number of aromatic nitrogens is 1. The van der Waals surface area contributed by atoms with Gasteiger partial charge < -0.3 is 25.4 Å². The fraction of sp³-hybridized carbons (Fsp3) is 0.455. The van der Waals surface area contributed by atoms with E-state index in [4.69, 9.17) is 26.8 Å². The maximum absolute atomic E-state index is 12.3. The van der Waals surface area contributed by atoms with Crippen molar-refractivity contribution in [3.8, 4) is 5.88 Å². The highest BCUT2D eigenvalue weighted by atomic mass is 35.5. The zero-order valence-electron chi connectivity index (χ0n) is 17.7. The lowest BCUT2D eigenvalue weighted by Gasteiger charge is -2.32. The van der Waals surface area contributed by atoms with Gasteiger partial charge in [-0.15, -0.1) is 0 Å². The molecule has 0 saturated carbocycles. The van der Waals surface area contributed by atoms with Crippen LogP contribution in [0, 0.1) is 0 Å². The third-order valence-corrected chi connectivity index (χ3v) is 5.89. The van der Waals surface area contributed by atoms with Gasteiger partial charge in [-0.05, 0) is 37.1 Å². The summed E-state index contributed by atoms with van der Waals surface area (Å²) in [5.41, 5.74) is 9.53. The summed E-state index contributed by atoms with van der Waals surface area (Å²) in [6.07, 6.45) is 2.56. The van der Waals surface area contributed by atoms with Gasteiger partial charge in [-0.25, -0.2) is 0 Å². The first-order valence-corrected chi connectivity index (χ1v) is 10.9. The molecule has 2 aliphatic heterocycles. The van der Waals surface area contributed by atoms with Gasteiger partial charge in [0.25, 0.3) is 0 Å². The van der Waals surface area contributed by atoms with Gasteiger partial charge in [0.1, 0.15) is 17.3 Å². The van der Waals surface area contributed by atoms with Crippen LogP contribution in [0.15, 0.2) is 24.3 Å². The molecule has 1 aromatic heterocycles. The van der Waals surface area contributed by atoms with Gasteiger partial charge in [0.05, 0.1) is 18.8 Å². The Labute approximate surface area is 187 Å². The van der Waals surface area contributed by atoms with Gasteiger partial charge in [0.15, 0.2) is 5.82 Å². The predicted molar refractivity (Wildman–Crippen MR) is 122 cm³/mol. The molecule has 31 heavy (non-hydrogen) atoms. The summed E-state index contributed by atoms with van der Waals surface area (Å²) in [6.45, 7) is 4.71. The second kappa shape index (κ2) is 9.72. The van der Waals surface area contributed by atoms with E-state index < -0.39 is 0 Å². The van der Waals surface area contributed by atoms with Crippen molar-refractivity contribution < 1.29 is 14.3 Å². The van der Waals surface area contributed by atoms with E-state index in [-0.39, 0.29) is 24.1 Å². The highest BCUT2D eigenvalue weighted by molar-refractivity contribution is 6.36. The second-order valence-corrected chi connectivity index (χ2v) is 8.26. The molecule has 0 aliphatic carbocycles. The van der Waals surface area contributed by atoms with Crippen molar-refractivity contribution in [2.75, 3.05) is 55.9 Å². The van der Waals surface area contributed by atoms with Gasteiger partial charge >= 0.3 is 0 Å². The van der Waals surface area contributed by atoms with Gasteiger partial charge in [-0.1, -0.05) is 35.9 Å². The predicted octanol–water partition coefficient (Wildman–Crippen LogP) is 2.90. The smallest absolute Gasteiger partial charge is 0.244 e. The number of nitrogens with two attached hydrogens (primary N) is 1. The molecule has 8 nitrogen and oxygen atoms in total. The number of ether oxygens (including phenoxy) is 2. The van der Waals surface area contributed by atoms with Crippen molar-refractivity contribution in [2.24, 2.45) is 0 Å². The van der Waals surface area contributed by atoms with Crippen LogP contribution in [0.5, 0.6) is 5.88 Å². The molecule has 1 aromatic carbocycles. The van der Waals surface area contributed by atoms with E-state index in [0.29, 0.717) is 36.2 Å². The molecule has 3 heterocycles. The summed E-state index contributed by atoms with van der Waals surface area (Å²) in [5, 5.41) is 3.12. The van der Waals surface area contributed by atoms with E-state index in [1.54, 1.807) is 7.11 Å². The van der Waals surface area contributed by atoms with Crippen LogP contribution >= 0.6 is 11.6 Å². The molecular weight excluding hydrogens is 418 g/mol. The molecule has 9 heteroatoms. The number of fused-ring (bicyclic) bond motifs is 1. The summed E-state index contributed by atoms with van der Waals surface area (Å²) in [6, 6.07) is 8.51. The molecule has 3 N–H and O–H groups in total. The molecule has 166 valence electrons. The molecule has 2 aromatic rings. The van der Waals surface area contributed by atoms with Crippen LogP contribution in [0.25, 0.3) is 0 Å². The number of nitrogens with zero attached hydrogens (tertiary/aromatic N) is 3. The molecule has 2 aliphatic rings. The van der Waals surface area contributed by atoms with Crippen LogP contribution in [-0.4, -0.2) is 55.7 Å². The van der Waals surface area contributed by atoms with Crippen LogP contribution in [-0.2, 0) is 22.6 Å². The summed E-state index contributed by atoms with van der Waals surface area (Å²) in [5.74, 6) is 0.249. The number of likely N-dealkylation sites (tertiary alicyclic amines) is 1.